The minimum atomic E-state index is -1.03. The zero-order valence-electron chi connectivity index (χ0n) is 16.7. The molecule has 1 aliphatic carbocycles. The highest BCUT2D eigenvalue weighted by molar-refractivity contribution is 5.86. The van der Waals surface area contributed by atoms with Crippen molar-refractivity contribution in [3.8, 4) is 0 Å². The number of anilines is 1. The van der Waals surface area contributed by atoms with Crippen LogP contribution in [0.25, 0.3) is 11.0 Å². The number of aliphatic hydroxyl groups is 2. The Morgan fingerprint density at radius 1 is 1.21 bits per heavy atom. The number of aliphatic hydroxyl groups excluding tert-OH is 2. The minimum Gasteiger partial charge on any atom is -0.388 e. The van der Waals surface area contributed by atoms with Gasteiger partial charge in [-0.1, -0.05) is 11.6 Å². The molecule has 4 heterocycles. The van der Waals surface area contributed by atoms with Crippen LogP contribution in [0.3, 0.4) is 0 Å². The normalized spacial score (nSPS) is 32.3. The topological polar surface area (TPSA) is 110 Å². The molecule has 2 aliphatic heterocycles. The van der Waals surface area contributed by atoms with E-state index < -0.39 is 24.5 Å². The van der Waals surface area contributed by atoms with Gasteiger partial charge < -0.3 is 30.2 Å². The fourth-order valence-corrected chi connectivity index (χ4v) is 5.36. The predicted octanol–water partition coefficient (Wildman–Crippen LogP) is 1.45. The largest absolute Gasteiger partial charge is 0.388 e. The third kappa shape index (κ3) is 3.06. The van der Waals surface area contributed by atoms with E-state index in [1.807, 2.05) is 6.07 Å². The van der Waals surface area contributed by atoms with Crippen molar-refractivity contribution >= 4 is 16.9 Å². The fourth-order valence-electron chi connectivity index (χ4n) is 5.36. The lowest BCUT2D eigenvalue weighted by Crippen LogP contribution is -2.39. The van der Waals surface area contributed by atoms with Gasteiger partial charge in [-0.3, -0.25) is 0 Å². The molecule has 0 unspecified atom stereocenters. The smallest absolute Gasteiger partial charge is 0.164 e. The van der Waals surface area contributed by atoms with Crippen LogP contribution in [0, 0.1) is 5.41 Å². The summed E-state index contributed by atoms with van der Waals surface area (Å²) in [6.07, 6.45) is 7.66. The lowest BCUT2D eigenvalue weighted by atomic mass is 9.71. The summed E-state index contributed by atoms with van der Waals surface area (Å²) in [5.41, 5.74) is 8.16. The summed E-state index contributed by atoms with van der Waals surface area (Å²) in [6.45, 7) is 2.21. The Kier molecular flexibility index (Phi) is 4.62. The zero-order chi connectivity index (χ0) is 20.2. The lowest BCUT2D eigenvalue weighted by molar-refractivity contribution is -0.0357. The number of hydrogen-bond acceptors (Lipinski definition) is 7. The highest BCUT2D eigenvalue weighted by atomic mass is 16.6. The summed E-state index contributed by atoms with van der Waals surface area (Å²) < 4.78 is 7.95. The quantitative estimate of drug-likeness (QED) is 0.670. The van der Waals surface area contributed by atoms with Crippen LogP contribution in [0.1, 0.15) is 38.3 Å². The van der Waals surface area contributed by atoms with Crippen LogP contribution in [-0.4, -0.2) is 68.1 Å². The number of likely N-dealkylation sites (tertiary alicyclic amines) is 1. The fraction of sp³-hybridized carbons (Fsp3) is 0.619. The number of ether oxygens (including phenoxy) is 1. The first kappa shape index (κ1) is 19.0. The Bertz CT molecular complexity index is 934. The van der Waals surface area contributed by atoms with Crippen LogP contribution < -0.4 is 5.73 Å². The maximum absolute atomic E-state index is 10.8. The number of nitrogens with zero attached hydrogens (tertiary/aromatic N) is 4. The number of allylic oxidation sites excluding steroid dienone is 1. The maximum Gasteiger partial charge on any atom is 0.164 e. The molecule has 2 aromatic heterocycles. The number of rotatable bonds is 3. The van der Waals surface area contributed by atoms with Crippen LogP contribution in [0.4, 0.5) is 5.82 Å². The van der Waals surface area contributed by atoms with E-state index in [4.69, 9.17) is 10.5 Å². The van der Waals surface area contributed by atoms with Crippen LogP contribution in [0.5, 0.6) is 0 Å². The van der Waals surface area contributed by atoms with Gasteiger partial charge in [0, 0.05) is 6.20 Å². The molecule has 0 radical (unpaired) electrons. The summed E-state index contributed by atoms with van der Waals surface area (Å²) >= 11 is 0. The average molecular weight is 399 g/mol. The number of aromatic nitrogens is 3. The first-order valence-corrected chi connectivity index (χ1v) is 10.5. The van der Waals surface area contributed by atoms with Gasteiger partial charge in [0.15, 0.2) is 6.23 Å². The van der Waals surface area contributed by atoms with E-state index in [0.29, 0.717) is 23.3 Å². The van der Waals surface area contributed by atoms with Crippen molar-refractivity contribution in [2.45, 2.75) is 56.6 Å². The Hall–Kier alpha value is -2.00. The number of nitrogens with two attached hydrogens (primary N) is 1. The van der Waals surface area contributed by atoms with Crippen LogP contribution >= 0.6 is 0 Å². The molecule has 4 N–H and O–H groups in total. The molecule has 2 aromatic rings. The van der Waals surface area contributed by atoms with Gasteiger partial charge in [-0.05, 0) is 63.7 Å². The highest BCUT2D eigenvalue weighted by Gasteiger charge is 2.47. The molecule has 0 amide bonds. The Morgan fingerprint density at radius 2 is 2.00 bits per heavy atom. The maximum atomic E-state index is 10.8. The molecule has 1 spiro atoms. The van der Waals surface area contributed by atoms with Crippen molar-refractivity contribution in [2.75, 3.05) is 25.9 Å². The van der Waals surface area contributed by atoms with Crippen LogP contribution in [-0.2, 0) is 4.74 Å². The molecule has 3 aliphatic rings. The number of hydrogen-bond donors (Lipinski definition) is 3. The Morgan fingerprint density at radius 3 is 2.79 bits per heavy atom. The highest BCUT2D eigenvalue weighted by Crippen LogP contribution is 2.50. The summed E-state index contributed by atoms with van der Waals surface area (Å²) in [5.74, 6) is 0.388. The molecular weight excluding hydrogens is 370 g/mol. The van der Waals surface area contributed by atoms with E-state index in [1.54, 1.807) is 10.8 Å². The molecule has 2 fully saturated rings. The van der Waals surface area contributed by atoms with Gasteiger partial charge >= 0.3 is 0 Å². The molecule has 4 atom stereocenters. The van der Waals surface area contributed by atoms with Crippen LogP contribution in [0.15, 0.2) is 30.2 Å². The molecule has 8 heteroatoms. The first-order valence-electron chi connectivity index (χ1n) is 10.5. The molecule has 2 saturated heterocycles. The lowest BCUT2D eigenvalue weighted by Gasteiger charge is -2.41. The van der Waals surface area contributed by atoms with Crippen LogP contribution in [0.2, 0.25) is 0 Å². The van der Waals surface area contributed by atoms with Crippen molar-refractivity contribution in [3.05, 3.63) is 30.2 Å². The van der Waals surface area contributed by atoms with E-state index in [2.05, 4.69) is 28.0 Å². The van der Waals surface area contributed by atoms with Gasteiger partial charge in [0.2, 0.25) is 0 Å². The number of fused-ring (bicyclic) bond motifs is 1. The third-order valence-corrected chi connectivity index (χ3v) is 7.21. The van der Waals surface area contributed by atoms with Crippen molar-refractivity contribution in [2.24, 2.45) is 5.41 Å². The van der Waals surface area contributed by atoms with Crippen molar-refractivity contribution in [1.82, 2.24) is 19.4 Å². The van der Waals surface area contributed by atoms with Crippen molar-refractivity contribution in [1.29, 1.82) is 0 Å². The molecule has 8 nitrogen and oxygen atoms in total. The molecule has 156 valence electrons. The molecule has 0 aromatic carbocycles. The zero-order valence-corrected chi connectivity index (χ0v) is 16.7. The van der Waals surface area contributed by atoms with E-state index in [-0.39, 0.29) is 5.41 Å². The molecule has 5 rings (SSSR count). The standard InChI is InChI=1S/C21H29N5O3/c1-25-9-6-21(7-10-25)5-2-3-13(21)11-15-16(27)17(28)20(29-15)26-8-4-14-18(22)23-12-24-19(14)26/h3-4,8,12,15-17,20,27-28H,2,5-7,9-11H2,1H3,(H2,22,23,24)/t15-,16-,17-,20-/m1/s1. The number of piperidine rings is 1. The Balaban J connectivity index is 1.37. The van der Waals surface area contributed by atoms with E-state index >= 15 is 0 Å². The van der Waals surface area contributed by atoms with Crippen molar-refractivity contribution < 1.29 is 14.9 Å². The third-order valence-electron chi connectivity index (χ3n) is 7.21. The summed E-state index contributed by atoms with van der Waals surface area (Å²) in [6, 6.07) is 1.81. The van der Waals surface area contributed by atoms with E-state index in [1.165, 1.54) is 18.3 Å². The summed E-state index contributed by atoms with van der Waals surface area (Å²) in [4.78, 5) is 10.7. The number of nitrogen functional groups attached to an aromatic ring is 1. The first-order chi connectivity index (χ1) is 14.0. The predicted molar refractivity (Wildman–Crippen MR) is 109 cm³/mol. The van der Waals surface area contributed by atoms with Crippen molar-refractivity contribution in [3.63, 3.8) is 0 Å². The van der Waals surface area contributed by atoms with Gasteiger partial charge in [-0.25, -0.2) is 9.97 Å². The van der Waals surface area contributed by atoms with E-state index in [9.17, 15) is 10.2 Å². The van der Waals surface area contributed by atoms with Gasteiger partial charge in [-0.15, -0.1) is 0 Å². The van der Waals surface area contributed by atoms with Gasteiger partial charge in [0.1, 0.15) is 30.0 Å². The molecule has 0 bridgehead atoms. The van der Waals surface area contributed by atoms with Gasteiger partial charge in [-0.2, -0.15) is 0 Å². The second kappa shape index (κ2) is 7.05. The monoisotopic (exact) mass is 399 g/mol. The molecule has 29 heavy (non-hydrogen) atoms. The summed E-state index contributed by atoms with van der Waals surface area (Å²) in [7, 11) is 2.17. The SMILES string of the molecule is CN1CCC2(CCC=C2C[C@H]2O[C@@H](n3ccc4c(N)ncnc43)[C@H](O)[C@@H]2O)CC1. The second-order valence-electron chi connectivity index (χ2n) is 8.82. The summed E-state index contributed by atoms with van der Waals surface area (Å²) in [5, 5.41) is 22.2. The van der Waals surface area contributed by atoms with E-state index in [0.717, 1.165) is 32.4 Å². The second-order valence-corrected chi connectivity index (χ2v) is 8.82. The van der Waals surface area contributed by atoms with Gasteiger partial charge in [0.25, 0.3) is 0 Å². The van der Waals surface area contributed by atoms with Gasteiger partial charge in [0.05, 0.1) is 11.5 Å². The minimum absolute atomic E-state index is 0.237. The average Bonchev–Trinajstić information content (AvgIpc) is 3.38. The molecule has 0 saturated carbocycles. The Labute approximate surface area is 170 Å². The molecular formula is C21H29N5O3.